The Morgan fingerprint density at radius 1 is 0.837 bits per heavy atom. The fourth-order valence-corrected chi connectivity index (χ4v) is 5.90. The maximum Gasteiger partial charge on any atom is 0.290 e. The Morgan fingerprint density at radius 3 is 2.02 bits per heavy atom. The molecular weight excluding hydrogens is 658 g/mol. The molecule has 0 radical (unpaired) electrons. The Labute approximate surface area is 287 Å². The van der Waals surface area contributed by atoms with Gasteiger partial charge in [0, 0.05) is 12.4 Å². The molecule has 17 heteroatoms. The number of aromatic nitrogens is 2. The van der Waals surface area contributed by atoms with Crippen LogP contribution in [0.4, 0.5) is 0 Å². The summed E-state index contributed by atoms with van der Waals surface area (Å²) in [6.07, 6.45) is 9.67. The predicted molar refractivity (Wildman–Crippen MR) is 179 cm³/mol. The highest BCUT2D eigenvalue weighted by atomic mass is 32.2. The molecule has 0 saturated heterocycles. The Bertz CT molecular complexity index is 1400. The van der Waals surface area contributed by atoms with Gasteiger partial charge in [0.15, 0.2) is 0 Å². The highest BCUT2D eigenvalue weighted by Gasteiger charge is 2.35. The molecule has 274 valence electrons. The van der Waals surface area contributed by atoms with Crippen molar-refractivity contribution in [3.05, 3.63) is 24.3 Å². The first-order valence-electron chi connectivity index (χ1n) is 16.8. The van der Waals surface area contributed by atoms with E-state index in [-0.39, 0.29) is 42.7 Å². The van der Waals surface area contributed by atoms with Gasteiger partial charge in [-0.15, -0.1) is 0 Å². The van der Waals surface area contributed by atoms with E-state index >= 15 is 0 Å². The Morgan fingerprint density at radius 2 is 1.47 bits per heavy atom. The third-order valence-corrected chi connectivity index (χ3v) is 9.03. The number of carbonyl (C=O) groups excluding carboxylic acids is 6. The minimum atomic E-state index is -4.58. The molecule has 1 saturated carbocycles. The van der Waals surface area contributed by atoms with Crippen LogP contribution in [0, 0.1) is 17.8 Å². The minimum absolute atomic E-state index is 0.00157. The average Bonchev–Trinajstić information content (AvgIpc) is 3.07. The summed E-state index contributed by atoms with van der Waals surface area (Å²) in [7, 11) is -4.58. The number of hydrogen-bond acceptors (Lipinski definition) is 10. The summed E-state index contributed by atoms with van der Waals surface area (Å²) in [6.45, 7) is 8.92. The van der Waals surface area contributed by atoms with Crippen LogP contribution in [-0.4, -0.2) is 88.3 Å². The van der Waals surface area contributed by atoms with Gasteiger partial charge in [0.1, 0.15) is 29.7 Å². The molecule has 1 fully saturated rings. The van der Waals surface area contributed by atoms with Gasteiger partial charge >= 0.3 is 0 Å². The lowest BCUT2D eigenvalue weighted by Crippen LogP contribution is -2.60. The lowest BCUT2D eigenvalue weighted by molar-refractivity contribution is -0.140. The number of rotatable bonds is 19. The Balaban J connectivity index is 2.27. The zero-order valence-corrected chi connectivity index (χ0v) is 29.7. The molecule has 0 spiro atoms. The van der Waals surface area contributed by atoms with Crippen LogP contribution in [0.1, 0.15) is 103 Å². The fourth-order valence-electron chi connectivity index (χ4n) is 5.58. The molecule has 2 rings (SSSR count). The topological polar surface area (TPSA) is 243 Å². The first kappa shape index (κ1) is 41.2. The summed E-state index contributed by atoms with van der Waals surface area (Å²) in [5.41, 5.74) is 0.0246. The number of ketones is 1. The summed E-state index contributed by atoms with van der Waals surface area (Å²) >= 11 is 0. The van der Waals surface area contributed by atoms with E-state index in [0.29, 0.717) is 6.42 Å². The number of nitrogens with zero attached hydrogens (tertiary/aromatic N) is 2. The third-order valence-electron chi connectivity index (χ3n) is 8.52. The van der Waals surface area contributed by atoms with Gasteiger partial charge in [0.05, 0.1) is 12.2 Å². The normalized spacial score (nSPS) is 16.7. The molecule has 5 amide bonds. The quantitative estimate of drug-likeness (QED) is 0.0875. The van der Waals surface area contributed by atoms with Crippen molar-refractivity contribution in [2.24, 2.45) is 17.8 Å². The number of amides is 5. The van der Waals surface area contributed by atoms with E-state index in [1.807, 2.05) is 26.1 Å². The van der Waals surface area contributed by atoms with Crippen LogP contribution in [0.25, 0.3) is 0 Å². The van der Waals surface area contributed by atoms with Gasteiger partial charge in [-0.05, 0) is 37.0 Å². The largest absolute Gasteiger partial charge is 0.344 e. The molecule has 0 aliphatic heterocycles. The van der Waals surface area contributed by atoms with E-state index in [4.69, 9.17) is 4.55 Å². The standard InChI is InChI=1S/C32H51N7O9S/c1-6-20(5)26(39-29(42)23(15-19(3)4)37-30(43)25-17-33-13-14-34-25)31(44)38-24(16-21-11-9-8-10-12-21)28(41)36-22(7-2)27(40)32(45)35-18-49(46,47)48/h13-14,17,19-24,26H,6-12,15-16,18H2,1-5H3,(H,35,45)(H,36,41)(H,37,43)(H,38,44)(H,39,42)(H,46,47,48)/t20-,22-,23-,24-,26-/m0/s1. The Hall–Kier alpha value is -3.99. The van der Waals surface area contributed by atoms with Crippen LogP contribution < -0.4 is 26.6 Å². The van der Waals surface area contributed by atoms with E-state index in [0.717, 1.165) is 32.1 Å². The number of hydrogen-bond donors (Lipinski definition) is 6. The van der Waals surface area contributed by atoms with Crippen molar-refractivity contribution in [2.75, 3.05) is 5.88 Å². The van der Waals surface area contributed by atoms with Crippen LogP contribution in [0.15, 0.2) is 18.6 Å². The zero-order valence-electron chi connectivity index (χ0n) is 28.9. The lowest BCUT2D eigenvalue weighted by Gasteiger charge is -2.31. The summed E-state index contributed by atoms with van der Waals surface area (Å²) in [6, 6.07) is -4.54. The SMILES string of the molecule is CC[C@H](NC(=O)[C@H](CC1CCCCC1)NC(=O)[C@@H](NC(=O)[C@H](CC(C)C)NC(=O)c1cnccn1)[C@@H](C)CC)C(=O)C(=O)NCS(=O)(=O)O. The summed E-state index contributed by atoms with van der Waals surface area (Å²) in [4.78, 5) is 86.9. The number of Topliss-reactive ketones (excluding diaryl/α,β-unsaturated/α-hetero) is 1. The monoisotopic (exact) mass is 709 g/mol. The van der Waals surface area contributed by atoms with Crippen LogP contribution in [0.5, 0.6) is 0 Å². The molecule has 49 heavy (non-hydrogen) atoms. The highest BCUT2D eigenvalue weighted by Crippen LogP contribution is 2.27. The summed E-state index contributed by atoms with van der Waals surface area (Å²) in [5, 5.41) is 12.6. The maximum atomic E-state index is 13.9. The molecule has 1 aromatic rings. The van der Waals surface area contributed by atoms with Crippen molar-refractivity contribution < 1.29 is 41.7 Å². The van der Waals surface area contributed by atoms with Gasteiger partial charge in [-0.3, -0.25) is 38.3 Å². The molecule has 1 aromatic heterocycles. The van der Waals surface area contributed by atoms with Crippen LogP contribution in [0.3, 0.4) is 0 Å². The summed E-state index contributed by atoms with van der Waals surface area (Å²) < 4.78 is 30.9. The van der Waals surface area contributed by atoms with Crippen LogP contribution >= 0.6 is 0 Å². The predicted octanol–water partition coefficient (Wildman–Crippen LogP) is 1.03. The molecule has 1 heterocycles. The van der Waals surface area contributed by atoms with Crippen LogP contribution in [-0.2, 0) is 34.1 Å². The van der Waals surface area contributed by atoms with Gasteiger partial charge < -0.3 is 26.6 Å². The van der Waals surface area contributed by atoms with E-state index in [9.17, 15) is 37.2 Å². The van der Waals surface area contributed by atoms with Gasteiger partial charge in [-0.1, -0.05) is 73.1 Å². The second kappa shape index (κ2) is 19.9. The molecule has 1 aliphatic rings. The van der Waals surface area contributed by atoms with Gasteiger partial charge in [-0.25, -0.2) is 4.98 Å². The van der Waals surface area contributed by atoms with Gasteiger partial charge in [-0.2, -0.15) is 8.42 Å². The van der Waals surface area contributed by atoms with Gasteiger partial charge in [0.25, 0.3) is 21.9 Å². The molecule has 0 unspecified atom stereocenters. The van der Waals surface area contributed by atoms with E-state index in [2.05, 4.69) is 31.2 Å². The van der Waals surface area contributed by atoms with Crippen molar-refractivity contribution >= 4 is 45.4 Å². The molecule has 16 nitrogen and oxygen atoms in total. The smallest absolute Gasteiger partial charge is 0.290 e. The zero-order chi connectivity index (χ0) is 36.7. The fraction of sp³-hybridized carbons (Fsp3) is 0.688. The number of nitrogens with one attached hydrogen (secondary N) is 5. The second-order valence-electron chi connectivity index (χ2n) is 13.0. The van der Waals surface area contributed by atoms with E-state index < -0.39 is 75.5 Å². The minimum Gasteiger partial charge on any atom is -0.344 e. The average molecular weight is 710 g/mol. The van der Waals surface area contributed by atoms with Gasteiger partial charge in [0.2, 0.25) is 23.5 Å². The van der Waals surface area contributed by atoms with Crippen molar-refractivity contribution in [3.63, 3.8) is 0 Å². The third kappa shape index (κ3) is 14.2. The first-order valence-corrected chi connectivity index (χ1v) is 18.4. The molecule has 1 aliphatic carbocycles. The second-order valence-corrected chi connectivity index (χ2v) is 14.4. The Kier molecular flexibility index (Phi) is 16.7. The van der Waals surface area contributed by atoms with Crippen molar-refractivity contribution in [3.8, 4) is 0 Å². The molecule has 5 atom stereocenters. The van der Waals surface area contributed by atoms with E-state index in [1.165, 1.54) is 18.6 Å². The highest BCUT2D eigenvalue weighted by molar-refractivity contribution is 7.85. The van der Waals surface area contributed by atoms with E-state index in [1.54, 1.807) is 13.8 Å². The maximum absolute atomic E-state index is 13.9. The lowest BCUT2D eigenvalue weighted by atomic mass is 9.84. The summed E-state index contributed by atoms with van der Waals surface area (Å²) in [5.74, 6) is -6.42. The molecule has 0 aromatic carbocycles. The molecule has 6 N–H and O–H groups in total. The molecular formula is C32H51N7O9S. The number of carbonyl (C=O) groups is 6. The molecule has 0 bridgehead atoms. The van der Waals surface area contributed by atoms with Crippen molar-refractivity contribution in [1.82, 2.24) is 36.6 Å². The van der Waals surface area contributed by atoms with Crippen LogP contribution in [0.2, 0.25) is 0 Å². The van der Waals surface area contributed by atoms with Crippen molar-refractivity contribution in [2.45, 2.75) is 117 Å². The first-order chi connectivity index (χ1) is 23.1. The van der Waals surface area contributed by atoms with Crippen molar-refractivity contribution in [1.29, 1.82) is 0 Å².